The molecule has 0 aliphatic heterocycles. The van der Waals surface area contributed by atoms with Crippen molar-refractivity contribution >= 4 is 19.4 Å². The first-order valence-corrected chi connectivity index (χ1v) is 9.83. The number of ether oxygens (including phenoxy) is 2. The van der Waals surface area contributed by atoms with Crippen LogP contribution in [0.2, 0.25) is 5.32 Å². The zero-order chi connectivity index (χ0) is 16.7. The number of aliphatic hydroxyl groups is 1. The van der Waals surface area contributed by atoms with Crippen LogP contribution in [0.4, 0.5) is 0 Å². The zero-order valence-corrected chi connectivity index (χ0v) is 15.6. The fraction of sp³-hybridized carbons (Fsp3) is 0.368. The Morgan fingerprint density at radius 3 is 2.39 bits per heavy atom. The monoisotopic (exact) mass is 380 g/mol. The zero-order valence-electron chi connectivity index (χ0n) is 13.9. The summed E-state index contributed by atoms with van der Waals surface area (Å²) in [5.74, 6) is 0.771. The Hall–Kier alpha value is -1.32. The van der Waals surface area contributed by atoms with Crippen LogP contribution in [0, 0.1) is 0 Å². The van der Waals surface area contributed by atoms with E-state index in [4.69, 9.17) is 9.47 Å². The summed E-state index contributed by atoms with van der Waals surface area (Å²) in [6.07, 6.45) is 0.269. The molecular weight excluding hydrogens is 355 g/mol. The summed E-state index contributed by atoms with van der Waals surface area (Å²) in [5.41, 5.74) is 2.12. The van der Waals surface area contributed by atoms with Gasteiger partial charge in [0, 0.05) is 0 Å². The second-order valence-corrected chi connectivity index (χ2v) is 7.47. The Morgan fingerprint density at radius 1 is 1.04 bits per heavy atom. The normalized spacial score (nSPS) is 13.6. The van der Waals surface area contributed by atoms with Crippen molar-refractivity contribution in [3.05, 3.63) is 59.7 Å². The van der Waals surface area contributed by atoms with Gasteiger partial charge in [-0.25, -0.2) is 0 Å². The van der Waals surface area contributed by atoms with Gasteiger partial charge >= 0.3 is 144 Å². The molecule has 0 aliphatic carbocycles. The number of hydrogen-bond donors (Lipinski definition) is 1. The molecular formula is C19H24O3Se. The van der Waals surface area contributed by atoms with E-state index in [0.29, 0.717) is 6.42 Å². The van der Waals surface area contributed by atoms with Crippen molar-refractivity contribution < 1.29 is 14.6 Å². The van der Waals surface area contributed by atoms with Gasteiger partial charge in [-0.15, -0.1) is 0 Å². The number of aliphatic hydroxyl groups excluding tert-OH is 1. The van der Waals surface area contributed by atoms with Gasteiger partial charge < -0.3 is 0 Å². The SMILES string of the molecule is CC[C@H](O)c1c(OC)cccc1[Se]C[C@H](OC)c1ccccc1. The summed E-state index contributed by atoms with van der Waals surface area (Å²) in [7, 11) is 3.40. The van der Waals surface area contributed by atoms with Gasteiger partial charge in [-0.05, 0) is 0 Å². The van der Waals surface area contributed by atoms with Crippen molar-refractivity contribution in [3.8, 4) is 5.75 Å². The Bertz CT molecular complexity index is 601. The first-order valence-electron chi connectivity index (χ1n) is 7.76. The van der Waals surface area contributed by atoms with Gasteiger partial charge in [0.2, 0.25) is 0 Å². The number of benzene rings is 2. The van der Waals surface area contributed by atoms with E-state index in [9.17, 15) is 5.11 Å². The maximum absolute atomic E-state index is 10.4. The molecule has 2 aromatic rings. The first kappa shape index (κ1) is 18.0. The van der Waals surface area contributed by atoms with Gasteiger partial charge in [-0.1, -0.05) is 0 Å². The van der Waals surface area contributed by atoms with E-state index in [0.717, 1.165) is 16.6 Å². The Labute approximate surface area is 144 Å². The molecule has 0 saturated carbocycles. The van der Waals surface area contributed by atoms with E-state index < -0.39 is 6.10 Å². The molecule has 0 aromatic heterocycles. The maximum atomic E-state index is 10.4. The molecule has 3 nitrogen and oxygen atoms in total. The van der Waals surface area contributed by atoms with Crippen molar-refractivity contribution in [1.29, 1.82) is 0 Å². The molecule has 0 unspecified atom stereocenters. The topological polar surface area (TPSA) is 38.7 Å². The molecule has 23 heavy (non-hydrogen) atoms. The molecule has 124 valence electrons. The van der Waals surface area contributed by atoms with Crippen LogP contribution in [0.25, 0.3) is 0 Å². The van der Waals surface area contributed by atoms with E-state index in [1.54, 1.807) is 14.2 Å². The third-order valence-electron chi connectivity index (χ3n) is 3.81. The van der Waals surface area contributed by atoms with Crippen LogP contribution < -0.4 is 9.20 Å². The minimum atomic E-state index is -0.485. The van der Waals surface area contributed by atoms with Gasteiger partial charge in [-0.3, -0.25) is 0 Å². The predicted molar refractivity (Wildman–Crippen MR) is 94.6 cm³/mol. The standard InChI is InChI=1S/C19H24O3Se/c1-4-15(20)19-16(21-2)11-8-12-18(19)23-13-17(22-3)14-9-6-5-7-10-14/h5-12,15,17,20H,4,13H2,1-3H3/t15-,17-/m0/s1. The molecule has 0 saturated heterocycles. The molecule has 0 aliphatic rings. The quantitative estimate of drug-likeness (QED) is 0.716. The summed E-state index contributed by atoms with van der Waals surface area (Å²) in [5, 5.41) is 11.3. The van der Waals surface area contributed by atoms with Crippen molar-refractivity contribution in [2.45, 2.75) is 30.9 Å². The molecule has 0 spiro atoms. The van der Waals surface area contributed by atoms with Crippen molar-refractivity contribution in [3.63, 3.8) is 0 Å². The predicted octanol–water partition coefficient (Wildman–Crippen LogP) is 3.27. The van der Waals surface area contributed by atoms with Crippen LogP contribution >= 0.6 is 0 Å². The Balaban J connectivity index is 2.19. The molecule has 0 heterocycles. The van der Waals surface area contributed by atoms with Crippen molar-refractivity contribution in [1.82, 2.24) is 0 Å². The molecule has 2 aromatic carbocycles. The van der Waals surface area contributed by atoms with Gasteiger partial charge in [0.1, 0.15) is 0 Å². The van der Waals surface area contributed by atoms with E-state index in [1.807, 2.05) is 37.3 Å². The summed E-state index contributed by atoms with van der Waals surface area (Å²) in [4.78, 5) is 0. The second-order valence-electron chi connectivity index (χ2n) is 5.24. The molecule has 2 rings (SSSR count). The fourth-order valence-corrected chi connectivity index (χ4v) is 5.07. The average molecular weight is 379 g/mol. The van der Waals surface area contributed by atoms with E-state index in [1.165, 1.54) is 10.0 Å². The molecule has 0 amide bonds. The van der Waals surface area contributed by atoms with Crippen molar-refractivity contribution in [2.24, 2.45) is 0 Å². The van der Waals surface area contributed by atoms with Crippen LogP contribution in [-0.2, 0) is 4.74 Å². The molecule has 4 heteroatoms. The summed E-state index contributed by atoms with van der Waals surface area (Å²) >= 11 is 0.191. The van der Waals surface area contributed by atoms with Gasteiger partial charge in [0.25, 0.3) is 0 Å². The van der Waals surface area contributed by atoms with Crippen LogP contribution in [0.3, 0.4) is 0 Å². The van der Waals surface area contributed by atoms with Crippen molar-refractivity contribution in [2.75, 3.05) is 14.2 Å². The summed E-state index contributed by atoms with van der Waals surface area (Å²) < 4.78 is 12.3. The second kappa shape index (κ2) is 9.09. The molecule has 2 atom stereocenters. The van der Waals surface area contributed by atoms with Crippen LogP contribution in [0.15, 0.2) is 48.5 Å². The van der Waals surface area contributed by atoms with Crippen LogP contribution in [0.5, 0.6) is 5.75 Å². The number of rotatable bonds is 8. The summed E-state index contributed by atoms with van der Waals surface area (Å²) in [6, 6.07) is 16.3. The Morgan fingerprint density at radius 2 is 1.78 bits per heavy atom. The first-order chi connectivity index (χ1) is 11.2. The van der Waals surface area contributed by atoms with Gasteiger partial charge in [0.05, 0.1) is 0 Å². The van der Waals surface area contributed by atoms with E-state index >= 15 is 0 Å². The van der Waals surface area contributed by atoms with Crippen LogP contribution in [-0.4, -0.2) is 34.3 Å². The van der Waals surface area contributed by atoms with E-state index in [-0.39, 0.29) is 21.1 Å². The van der Waals surface area contributed by atoms with Gasteiger partial charge in [-0.2, -0.15) is 0 Å². The van der Waals surface area contributed by atoms with Gasteiger partial charge in [0.15, 0.2) is 0 Å². The molecule has 0 bridgehead atoms. The minimum absolute atomic E-state index is 0.0778. The summed E-state index contributed by atoms with van der Waals surface area (Å²) in [6.45, 7) is 1.98. The third kappa shape index (κ3) is 4.58. The molecule has 1 N–H and O–H groups in total. The Kier molecular flexibility index (Phi) is 7.13. The fourth-order valence-electron chi connectivity index (χ4n) is 2.49. The number of methoxy groups -OCH3 is 2. The third-order valence-corrected chi connectivity index (χ3v) is 6.20. The number of hydrogen-bond acceptors (Lipinski definition) is 3. The molecule has 0 fully saturated rings. The average Bonchev–Trinajstić information content (AvgIpc) is 2.62. The van der Waals surface area contributed by atoms with Crippen LogP contribution in [0.1, 0.15) is 36.7 Å². The van der Waals surface area contributed by atoms with E-state index in [2.05, 4.69) is 18.2 Å². The molecule has 0 radical (unpaired) electrons.